The molecular formula is C13H15FN2O3. The largest absolute Gasteiger partial charge is 0.481 e. The molecule has 0 aliphatic carbocycles. The maximum atomic E-state index is 12.9. The topological polar surface area (TPSA) is 69.6 Å². The summed E-state index contributed by atoms with van der Waals surface area (Å²) in [7, 11) is 0. The highest BCUT2D eigenvalue weighted by Gasteiger charge is 2.34. The quantitative estimate of drug-likeness (QED) is 0.856. The normalized spacial score (nSPS) is 23.5. The highest BCUT2D eigenvalue weighted by molar-refractivity contribution is 6.00. The Balaban J connectivity index is 2.23. The summed E-state index contributed by atoms with van der Waals surface area (Å²) in [4.78, 5) is 24.5. The lowest BCUT2D eigenvalue weighted by molar-refractivity contribution is -0.140. The van der Waals surface area contributed by atoms with Crippen molar-refractivity contribution in [2.75, 3.05) is 11.4 Å². The number of amides is 1. The van der Waals surface area contributed by atoms with Crippen LogP contribution in [0.1, 0.15) is 13.3 Å². The second-order valence-electron chi connectivity index (χ2n) is 4.59. The van der Waals surface area contributed by atoms with Gasteiger partial charge in [-0.15, -0.1) is 0 Å². The number of carboxylic acid groups (broad SMARTS) is 1. The third kappa shape index (κ3) is 2.90. The van der Waals surface area contributed by atoms with Crippen LogP contribution in [-0.2, 0) is 9.59 Å². The molecule has 5 nitrogen and oxygen atoms in total. The molecule has 1 aromatic carbocycles. The first kappa shape index (κ1) is 13.5. The van der Waals surface area contributed by atoms with Gasteiger partial charge in [0.05, 0.1) is 12.5 Å². The molecule has 1 aromatic rings. The molecule has 102 valence electrons. The first-order valence-electron chi connectivity index (χ1n) is 6.03. The maximum Gasteiger partial charge on any atom is 0.305 e. The molecule has 2 unspecified atom stereocenters. The fourth-order valence-electron chi connectivity index (χ4n) is 2.19. The van der Waals surface area contributed by atoms with E-state index in [4.69, 9.17) is 5.11 Å². The number of benzene rings is 1. The summed E-state index contributed by atoms with van der Waals surface area (Å²) in [5, 5.41) is 11.7. The Morgan fingerprint density at radius 2 is 2.11 bits per heavy atom. The van der Waals surface area contributed by atoms with Crippen molar-refractivity contribution in [1.29, 1.82) is 0 Å². The summed E-state index contributed by atoms with van der Waals surface area (Å²) in [6.07, 6.45) is -0.261. The molecule has 19 heavy (non-hydrogen) atoms. The van der Waals surface area contributed by atoms with Gasteiger partial charge in [-0.3, -0.25) is 9.59 Å². The van der Waals surface area contributed by atoms with Crippen molar-refractivity contribution in [3.63, 3.8) is 0 Å². The van der Waals surface area contributed by atoms with E-state index in [1.54, 1.807) is 0 Å². The van der Waals surface area contributed by atoms with Crippen LogP contribution in [0.25, 0.3) is 0 Å². The molecule has 0 radical (unpaired) electrons. The van der Waals surface area contributed by atoms with Gasteiger partial charge in [-0.05, 0) is 31.2 Å². The van der Waals surface area contributed by atoms with E-state index < -0.39 is 12.0 Å². The van der Waals surface area contributed by atoms with E-state index in [0.717, 1.165) is 0 Å². The molecular weight excluding hydrogens is 251 g/mol. The van der Waals surface area contributed by atoms with Gasteiger partial charge in [0.2, 0.25) is 5.91 Å². The monoisotopic (exact) mass is 266 g/mol. The van der Waals surface area contributed by atoms with Crippen LogP contribution < -0.4 is 10.2 Å². The van der Waals surface area contributed by atoms with Gasteiger partial charge in [0.25, 0.3) is 0 Å². The van der Waals surface area contributed by atoms with Crippen LogP contribution >= 0.6 is 0 Å². The number of nitrogens with one attached hydrogen (secondary N) is 1. The molecule has 2 N–H and O–H groups in total. The van der Waals surface area contributed by atoms with E-state index in [9.17, 15) is 14.0 Å². The summed E-state index contributed by atoms with van der Waals surface area (Å²) >= 11 is 0. The summed E-state index contributed by atoms with van der Waals surface area (Å²) in [5.41, 5.74) is 0.579. The van der Waals surface area contributed by atoms with Gasteiger partial charge in [-0.1, -0.05) is 0 Å². The average molecular weight is 266 g/mol. The van der Waals surface area contributed by atoms with Crippen LogP contribution in [0.3, 0.4) is 0 Å². The molecule has 0 bridgehead atoms. The first-order chi connectivity index (χ1) is 8.99. The minimum atomic E-state index is -1.03. The molecule has 1 fully saturated rings. The fraction of sp³-hybridized carbons (Fsp3) is 0.385. The average Bonchev–Trinajstić information content (AvgIpc) is 2.35. The van der Waals surface area contributed by atoms with Gasteiger partial charge in [0.1, 0.15) is 5.82 Å². The zero-order chi connectivity index (χ0) is 14.0. The molecule has 0 aromatic heterocycles. The number of carbonyl (C=O) groups excluding carboxylic acids is 1. The van der Waals surface area contributed by atoms with Gasteiger partial charge in [0, 0.05) is 18.3 Å². The van der Waals surface area contributed by atoms with E-state index in [0.29, 0.717) is 12.2 Å². The van der Waals surface area contributed by atoms with Crippen LogP contribution in [0, 0.1) is 5.82 Å². The second kappa shape index (κ2) is 5.36. The molecule has 1 aliphatic rings. The molecule has 2 rings (SSSR count). The zero-order valence-corrected chi connectivity index (χ0v) is 10.5. The van der Waals surface area contributed by atoms with Crippen molar-refractivity contribution in [3.8, 4) is 0 Å². The molecule has 1 saturated heterocycles. The lowest BCUT2D eigenvalue weighted by atomic mass is 10.1. The van der Waals surface area contributed by atoms with Crippen molar-refractivity contribution in [2.24, 2.45) is 0 Å². The van der Waals surface area contributed by atoms with E-state index >= 15 is 0 Å². The van der Waals surface area contributed by atoms with Gasteiger partial charge in [0.15, 0.2) is 0 Å². The number of rotatable bonds is 3. The Kier molecular flexibility index (Phi) is 3.80. The number of carboxylic acids is 1. The minimum Gasteiger partial charge on any atom is -0.481 e. The second-order valence-corrected chi connectivity index (χ2v) is 4.59. The molecule has 0 saturated carbocycles. The Morgan fingerprint density at radius 3 is 2.68 bits per heavy atom. The number of carbonyl (C=O) groups is 2. The SMILES string of the molecule is CC1CNC(CC(=O)O)C(=O)N1c1ccc(F)cc1. The van der Waals surface area contributed by atoms with E-state index in [1.807, 2.05) is 6.92 Å². The lowest BCUT2D eigenvalue weighted by Crippen LogP contribution is -2.60. The van der Waals surface area contributed by atoms with Crippen molar-refractivity contribution in [2.45, 2.75) is 25.4 Å². The van der Waals surface area contributed by atoms with Crippen LogP contribution in [0.5, 0.6) is 0 Å². The third-order valence-electron chi connectivity index (χ3n) is 3.12. The number of anilines is 1. The number of halogens is 1. The summed E-state index contributed by atoms with van der Waals surface area (Å²) in [6.45, 7) is 2.35. The number of piperazine rings is 1. The number of hydrogen-bond acceptors (Lipinski definition) is 3. The summed E-state index contributed by atoms with van der Waals surface area (Å²) in [5.74, 6) is -1.70. The Morgan fingerprint density at radius 1 is 1.47 bits per heavy atom. The maximum absolute atomic E-state index is 12.9. The lowest BCUT2D eigenvalue weighted by Gasteiger charge is -2.37. The molecule has 1 amide bonds. The minimum absolute atomic E-state index is 0.108. The van der Waals surface area contributed by atoms with E-state index in [1.165, 1.54) is 29.2 Å². The van der Waals surface area contributed by atoms with Crippen LogP contribution in [0.2, 0.25) is 0 Å². The zero-order valence-electron chi connectivity index (χ0n) is 10.5. The van der Waals surface area contributed by atoms with Crippen molar-refractivity contribution < 1.29 is 19.1 Å². The molecule has 2 atom stereocenters. The first-order valence-corrected chi connectivity index (χ1v) is 6.03. The number of aliphatic carboxylic acids is 1. The highest BCUT2D eigenvalue weighted by atomic mass is 19.1. The van der Waals surface area contributed by atoms with Crippen LogP contribution in [-0.4, -0.2) is 35.6 Å². The van der Waals surface area contributed by atoms with Crippen molar-refractivity contribution >= 4 is 17.6 Å². The number of hydrogen-bond donors (Lipinski definition) is 2. The Hall–Kier alpha value is -1.95. The highest BCUT2D eigenvalue weighted by Crippen LogP contribution is 2.21. The Bertz CT molecular complexity index is 489. The predicted molar refractivity (Wildman–Crippen MR) is 67.4 cm³/mol. The third-order valence-corrected chi connectivity index (χ3v) is 3.12. The van der Waals surface area contributed by atoms with E-state index in [2.05, 4.69) is 5.32 Å². The van der Waals surface area contributed by atoms with Crippen LogP contribution in [0.4, 0.5) is 10.1 Å². The summed E-state index contributed by atoms with van der Waals surface area (Å²) < 4.78 is 12.9. The molecule has 1 heterocycles. The van der Waals surface area contributed by atoms with Crippen molar-refractivity contribution in [1.82, 2.24) is 5.32 Å². The van der Waals surface area contributed by atoms with Gasteiger partial charge < -0.3 is 15.3 Å². The van der Waals surface area contributed by atoms with Gasteiger partial charge >= 0.3 is 5.97 Å². The molecule has 6 heteroatoms. The van der Waals surface area contributed by atoms with E-state index in [-0.39, 0.29) is 24.2 Å². The van der Waals surface area contributed by atoms with Crippen LogP contribution in [0.15, 0.2) is 24.3 Å². The Labute approximate surface area is 110 Å². The number of nitrogens with zero attached hydrogens (tertiary/aromatic N) is 1. The standard InChI is InChI=1S/C13H15FN2O3/c1-8-7-15-11(6-12(17)18)13(19)16(8)10-4-2-9(14)3-5-10/h2-5,8,11,15H,6-7H2,1H3,(H,17,18). The fourth-order valence-corrected chi connectivity index (χ4v) is 2.19. The predicted octanol–water partition coefficient (Wildman–Crippen LogP) is 0.994. The summed E-state index contributed by atoms with van der Waals surface area (Å²) in [6, 6.07) is 4.76. The smallest absolute Gasteiger partial charge is 0.305 e. The molecule has 1 aliphatic heterocycles. The van der Waals surface area contributed by atoms with Gasteiger partial charge in [-0.25, -0.2) is 4.39 Å². The van der Waals surface area contributed by atoms with Gasteiger partial charge in [-0.2, -0.15) is 0 Å². The molecule has 0 spiro atoms. The van der Waals surface area contributed by atoms with Crippen molar-refractivity contribution in [3.05, 3.63) is 30.1 Å².